The monoisotopic (exact) mass is 287 g/mol. The molecule has 0 radical (unpaired) electrons. The van der Waals surface area contributed by atoms with Crippen molar-refractivity contribution in [2.24, 2.45) is 5.41 Å². The van der Waals surface area contributed by atoms with Crippen molar-refractivity contribution in [3.8, 4) is 11.5 Å². The standard InChI is InChI=1S/C13H21NO4S/c1-13(2,3)8-9-19(16,17)14-12-10(15)6-5-7-11(12)18-4/h5-7,14-15H,8-9H2,1-4H3. The summed E-state index contributed by atoms with van der Waals surface area (Å²) in [7, 11) is -2.09. The average Bonchev–Trinajstić information content (AvgIpc) is 2.28. The molecule has 0 saturated heterocycles. The van der Waals surface area contributed by atoms with Crippen molar-refractivity contribution in [1.82, 2.24) is 0 Å². The van der Waals surface area contributed by atoms with Crippen LogP contribution in [0.1, 0.15) is 27.2 Å². The maximum atomic E-state index is 12.0. The second kappa shape index (κ2) is 5.69. The second-order valence-electron chi connectivity index (χ2n) is 5.59. The third kappa shape index (κ3) is 4.98. The molecule has 0 heterocycles. The molecule has 2 N–H and O–H groups in total. The largest absolute Gasteiger partial charge is 0.506 e. The summed E-state index contributed by atoms with van der Waals surface area (Å²) in [5, 5.41) is 9.71. The number of anilines is 1. The molecular weight excluding hydrogens is 266 g/mol. The first-order valence-electron chi connectivity index (χ1n) is 6.01. The van der Waals surface area contributed by atoms with Gasteiger partial charge in [-0.05, 0) is 24.0 Å². The Morgan fingerprint density at radius 3 is 2.47 bits per heavy atom. The van der Waals surface area contributed by atoms with Gasteiger partial charge in [-0.1, -0.05) is 26.8 Å². The Morgan fingerprint density at radius 1 is 1.32 bits per heavy atom. The van der Waals surface area contributed by atoms with E-state index < -0.39 is 10.0 Å². The van der Waals surface area contributed by atoms with Crippen LogP contribution in [-0.2, 0) is 10.0 Å². The van der Waals surface area contributed by atoms with Gasteiger partial charge in [0.1, 0.15) is 17.2 Å². The molecular formula is C13H21NO4S. The van der Waals surface area contributed by atoms with E-state index in [2.05, 4.69) is 4.72 Å². The minimum absolute atomic E-state index is 0.00596. The van der Waals surface area contributed by atoms with Crippen LogP contribution in [-0.4, -0.2) is 26.4 Å². The van der Waals surface area contributed by atoms with Crippen molar-refractivity contribution in [3.63, 3.8) is 0 Å². The first-order chi connectivity index (χ1) is 8.64. The zero-order valence-corrected chi connectivity index (χ0v) is 12.5. The summed E-state index contributed by atoms with van der Waals surface area (Å²) < 4.78 is 31.4. The highest BCUT2D eigenvalue weighted by Crippen LogP contribution is 2.34. The predicted octanol–water partition coefficient (Wildman–Crippen LogP) is 2.58. The van der Waals surface area contributed by atoms with Crippen LogP contribution >= 0.6 is 0 Å². The molecule has 0 fully saturated rings. The molecule has 0 spiro atoms. The fourth-order valence-electron chi connectivity index (χ4n) is 1.44. The van der Waals surface area contributed by atoms with Crippen LogP contribution in [0.2, 0.25) is 0 Å². The third-order valence-corrected chi connectivity index (χ3v) is 3.86. The maximum absolute atomic E-state index is 12.0. The molecule has 0 amide bonds. The maximum Gasteiger partial charge on any atom is 0.232 e. The van der Waals surface area contributed by atoms with E-state index in [0.29, 0.717) is 12.2 Å². The molecule has 0 bridgehead atoms. The van der Waals surface area contributed by atoms with Gasteiger partial charge in [0, 0.05) is 0 Å². The molecule has 0 aliphatic heterocycles. The van der Waals surface area contributed by atoms with Crippen LogP contribution in [0, 0.1) is 5.41 Å². The lowest BCUT2D eigenvalue weighted by Crippen LogP contribution is -2.21. The number of sulfonamides is 1. The van der Waals surface area contributed by atoms with Crippen LogP contribution in [0.25, 0.3) is 0 Å². The van der Waals surface area contributed by atoms with Gasteiger partial charge < -0.3 is 9.84 Å². The van der Waals surface area contributed by atoms with E-state index in [-0.39, 0.29) is 22.6 Å². The Kier molecular flexibility index (Phi) is 4.68. The van der Waals surface area contributed by atoms with Crippen molar-refractivity contribution in [2.75, 3.05) is 17.6 Å². The van der Waals surface area contributed by atoms with Crippen LogP contribution in [0.15, 0.2) is 18.2 Å². The van der Waals surface area contributed by atoms with Crippen molar-refractivity contribution < 1.29 is 18.3 Å². The summed E-state index contributed by atoms with van der Waals surface area (Å²) in [6, 6.07) is 4.58. The quantitative estimate of drug-likeness (QED) is 0.816. The number of phenolic OH excluding ortho intramolecular Hbond substituents is 1. The molecule has 0 atom stereocenters. The number of hydrogen-bond donors (Lipinski definition) is 2. The van der Waals surface area contributed by atoms with Gasteiger partial charge in [0.25, 0.3) is 0 Å². The summed E-state index contributed by atoms with van der Waals surface area (Å²) in [6.07, 6.45) is 0.526. The number of hydrogen-bond acceptors (Lipinski definition) is 4. The minimum Gasteiger partial charge on any atom is -0.506 e. The molecule has 0 aromatic heterocycles. The van der Waals surface area contributed by atoms with Crippen molar-refractivity contribution in [1.29, 1.82) is 0 Å². The number of benzene rings is 1. The highest BCUT2D eigenvalue weighted by Gasteiger charge is 2.20. The number of rotatable bonds is 5. The number of nitrogens with one attached hydrogen (secondary N) is 1. The fourth-order valence-corrected chi connectivity index (χ4v) is 2.94. The number of para-hydroxylation sites is 1. The smallest absolute Gasteiger partial charge is 0.232 e. The highest BCUT2D eigenvalue weighted by molar-refractivity contribution is 7.92. The van der Waals surface area contributed by atoms with Gasteiger partial charge in [-0.2, -0.15) is 0 Å². The topological polar surface area (TPSA) is 75.6 Å². The summed E-state index contributed by atoms with van der Waals surface area (Å²) in [5.74, 6) is 0.131. The van der Waals surface area contributed by atoms with Crippen molar-refractivity contribution in [3.05, 3.63) is 18.2 Å². The Labute approximate surface area is 114 Å². The summed E-state index contributed by atoms with van der Waals surface area (Å²) in [6.45, 7) is 5.93. The average molecular weight is 287 g/mol. The normalized spacial score (nSPS) is 12.2. The number of phenols is 1. The van der Waals surface area contributed by atoms with E-state index in [9.17, 15) is 13.5 Å². The number of ether oxygens (including phenoxy) is 1. The third-order valence-electron chi connectivity index (χ3n) is 2.60. The molecule has 6 heteroatoms. The summed E-state index contributed by atoms with van der Waals surface area (Å²) >= 11 is 0. The Bertz CT molecular complexity index is 532. The lowest BCUT2D eigenvalue weighted by molar-refractivity contribution is 0.397. The molecule has 1 rings (SSSR count). The molecule has 0 aliphatic rings. The SMILES string of the molecule is COc1cccc(O)c1NS(=O)(=O)CCC(C)(C)C. The van der Waals surface area contributed by atoms with Crippen molar-refractivity contribution >= 4 is 15.7 Å². The van der Waals surface area contributed by atoms with E-state index in [0.717, 1.165) is 0 Å². The van der Waals surface area contributed by atoms with E-state index in [1.165, 1.54) is 13.2 Å². The van der Waals surface area contributed by atoms with Gasteiger partial charge in [0.15, 0.2) is 0 Å². The van der Waals surface area contributed by atoms with Crippen LogP contribution in [0.5, 0.6) is 11.5 Å². The first kappa shape index (κ1) is 15.6. The van der Waals surface area contributed by atoms with Gasteiger partial charge in [0.2, 0.25) is 10.0 Å². The van der Waals surface area contributed by atoms with Gasteiger partial charge >= 0.3 is 0 Å². The number of aromatic hydroxyl groups is 1. The van der Waals surface area contributed by atoms with Crippen molar-refractivity contribution in [2.45, 2.75) is 27.2 Å². The minimum atomic E-state index is -3.51. The molecule has 5 nitrogen and oxygen atoms in total. The van der Waals surface area contributed by atoms with E-state index in [1.54, 1.807) is 12.1 Å². The number of methoxy groups -OCH3 is 1. The Morgan fingerprint density at radius 2 is 1.95 bits per heavy atom. The molecule has 1 aromatic carbocycles. The Hall–Kier alpha value is -1.43. The van der Waals surface area contributed by atoms with Crippen LogP contribution in [0.3, 0.4) is 0 Å². The van der Waals surface area contributed by atoms with Gasteiger partial charge in [-0.3, -0.25) is 4.72 Å². The van der Waals surface area contributed by atoms with E-state index in [1.807, 2.05) is 20.8 Å². The molecule has 19 heavy (non-hydrogen) atoms. The van der Waals surface area contributed by atoms with Gasteiger partial charge in [-0.15, -0.1) is 0 Å². The lowest BCUT2D eigenvalue weighted by atomic mass is 9.94. The van der Waals surface area contributed by atoms with Crippen LogP contribution in [0.4, 0.5) is 5.69 Å². The highest BCUT2D eigenvalue weighted by atomic mass is 32.2. The van der Waals surface area contributed by atoms with Crippen LogP contribution < -0.4 is 9.46 Å². The van der Waals surface area contributed by atoms with Gasteiger partial charge in [0.05, 0.1) is 12.9 Å². The molecule has 1 aromatic rings. The molecule has 0 saturated carbocycles. The Balaban J connectivity index is 2.90. The van der Waals surface area contributed by atoms with Gasteiger partial charge in [-0.25, -0.2) is 8.42 Å². The van der Waals surface area contributed by atoms with E-state index in [4.69, 9.17) is 4.74 Å². The molecule has 0 aliphatic carbocycles. The lowest BCUT2D eigenvalue weighted by Gasteiger charge is -2.19. The predicted molar refractivity (Wildman–Crippen MR) is 76.1 cm³/mol. The molecule has 0 unspecified atom stereocenters. The van der Waals surface area contributed by atoms with E-state index >= 15 is 0 Å². The fraction of sp³-hybridized carbons (Fsp3) is 0.538. The first-order valence-corrected chi connectivity index (χ1v) is 7.66. The second-order valence-corrected chi connectivity index (χ2v) is 7.43. The zero-order chi connectivity index (χ0) is 14.7. The summed E-state index contributed by atoms with van der Waals surface area (Å²) in [5.41, 5.74) is 0.0105. The summed E-state index contributed by atoms with van der Waals surface area (Å²) in [4.78, 5) is 0. The zero-order valence-electron chi connectivity index (χ0n) is 11.7. The molecule has 108 valence electrons.